The molecule has 2 rings (SSSR count). The maximum absolute atomic E-state index is 5.49. The van der Waals surface area contributed by atoms with E-state index in [4.69, 9.17) is 4.74 Å². The summed E-state index contributed by atoms with van der Waals surface area (Å²) in [6.45, 7) is 3.94. The van der Waals surface area contributed by atoms with Crippen molar-refractivity contribution in [1.82, 2.24) is 5.32 Å². The van der Waals surface area contributed by atoms with Gasteiger partial charge in [0.1, 0.15) is 0 Å². The van der Waals surface area contributed by atoms with E-state index >= 15 is 0 Å². The van der Waals surface area contributed by atoms with Gasteiger partial charge in [-0.1, -0.05) is 37.9 Å². The largest absolute Gasteiger partial charge is 0.380 e. The molecular weight excluding hydrogens is 346 g/mol. The number of nitrogens with one attached hydrogen (secondary N) is 1. The van der Waals surface area contributed by atoms with Gasteiger partial charge in [0.05, 0.1) is 6.61 Å². The summed E-state index contributed by atoms with van der Waals surface area (Å²) in [4.78, 5) is 0. The van der Waals surface area contributed by atoms with E-state index in [1.807, 2.05) is 0 Å². The van der Waals surface area contributed by atoms with Crippen LogP contribution >= 0.6 is 31.9 Å². The van der Waals surface area contributed by atoms with Crippen molar-refractivity contribution in [2.75, 3.05) is 13.2 Å². The Labute approximate surface area is 119 Å². The van der Waals surface area contributed by atoms with Gasteiger partial charge in [-0.05, 0) is 37.5 Å². The van der Waals surface area contributed by atoms with Gasteiger partial charge in [0.15, 0.2) is 0 Å². The van der Waals surface area contributed by atoms with Crippen LogP contribution in [-0.2, 0) is 4.74 Å². The highest BCUT2D eigenvalue weighted by molar-refractivity contribution is 9.11. The van der Waals surface area contributed by atoms with Gasteiger partial charge < -0.3 is 10.1 Å². The Hall–Kier alpha value is 0.1000. The standard InChI is InChI=1S/C13H17Br2NO/c1-9(16-11-3-2-6-17-8-11)12-5-4-10(14)7-13(12)15/h4-5,7,9,11,16H,2-3,6,8H2,1H3. The van der Waals surface area contributed by atoms with E-state index in [9.17, 15) is 0 Å². The summed E-state index contributed by atoms with van der Waals surface area (Å²) in [7, 11) is 0. The SMILES string of the molecule is CC(NC1CCCOC1)c1ccc(Br)cc1Br. The number of halogens is 2. The molecule has 1 saturated heterocycles. The first-order chi connectivity index (χ1) is 8.16. The minimum atomic E-state index is 0.337. The summed E-state index contributed by atoms with van der Waals surface area (Å²) in [6.07, 6.45) is 2.37. The molecule has 4 heteroatoms. The van der Waals surface area contributed by atoms with Crippen LogP contribution in [0.25, 0.3) is 0 Å². The van der Waals surface area contributed by atoms with Crippen molar-refractivity contribution in [1.29, 1.82) is 0 Å². The van der Waals surface area contributed by atoms with E-state index in [1.54, 1.807) is 0 Å². The summed E-state index contributed by atoms with van der Waals surface area (Å²) in [5.74, 6) is 0. The Kier molecular flexibility index (Phi) is 5.03. The molecule has 1 aromatic rings. The van der Waals surface area contributed by atoms with E-state index in [2.05, 4.69) is 62.3 Å². The molecule has 1 heterocycles. The molecule has 1 fully saturated rings. The lowest BCUT2D eigenvalue weighted by molar-refractivity contribution is 0.0670. The topological polar surface area (TPSA) is 21.3 Å². The third kappa shape index (κ3) is 3.78. The number of ether oxygens (including phenoxy) is 1. The molecule has 2 nitrogen and oxygen atoms in total. The molecule has 1 aliphatic heterocycles. The average Bonchev–Trinajstić information content (AvgIpc) is 2.30. The van der Waals surface area contributed by atoms with Crippen LogP contribution in [0.3, 0.4) is 0 Å². The lowest BCUT2D eigenvalue weighted by atomic mass is 10.1. The van der Waals surface area contributed by atoms with Gasteiger partial charge in [0.2, 0.25) is 0 Å². The van der Waals surface area contributed by atoms with Crippen molar-refractivity contribution in [3.63, 3.8) is 0 Å². The Morgan fingerprint density at radius 1 is 1.41 bits per heavy atom. The third-order valence-electron chi connectivity index (χ3n) is 3.08. The van der Waals surface area contributed by atoms with Crippen LogP contribution in [0, 0.1) is 0 Å². The molecule has 0 spiro atoms. The highest BCUT2D eigenvalue weighted by Crippen LogP contribution is 2.27. The molecule has 0 aliphatic carbocycles. The minimum absolute atomic E-state index is 0.337. The van der Waals surface area contributed by atoms with Gasteiger partial charge in [-0.3, -0.25) is 0 Å². The molecule has 2 unspecified atom stereocenters. The summed E-state index contributed by atoms with van der Waals surface area (Å²) in [5, 5.41) is 3.63. The molecule has 17 heavy (non-hydrogen) atoms. The molecule has 0 saturated carbocycles. The van der Waals surface area contributed by atoms with Gasteiger partial charge in [-0.25, -0.2) is 0 Å². The van der Waals surface area contributed by atoms with E-state index in [-0.39, 0.29) is 0 Å². The van der Waals surface area contributed by atoms with Crippen LogP contribution in [0.4, 0.5) is 0 Å². The third-order valence-corrected chi connectivity index (χ3v) is 4.26. The van der Waals surface area contributed by atoms with Crippen LogP contribution in [0.2, 0.25) is 0 Å². The second-order valence-corrected chi connectivity index (χ2v) is 6.24. The molecule has 2 atom stereocenters. The van der Waals surface area contributed by atoms with Crippen molar-refractivity contribution >= 4 is 31.9 Å². The number of rotatable bonds is 3. The van der Waals surface area contributed by atoms with E-state index in [1.165, 1.54) is 12.0 Å². The van der Waals surface area contributed by atoms with Crippen molar-refractivity contribution in [3.8, 4) is 0 Å². The zero-order chi connectivity index (χ0) is 12.3. The van der Waals surface area contributed by atoms with Gasteiger partial charge in [0, 0.05) is 27.6 Å². The smallest absolute Gasteiger partial charge is 0.0619 e. The van der Waals surface area contributed by atoms with Gasteiger partial charge in [-0.15, -0.1) is 0 Å². The number of hydrogen-bond acceptors (Lipinski definition) is 2. The van der Waals surface area contributed by atoms with E-state index < -0.39 is 0 Å². The summed E-state index contributed by atoms with van der Waals surface area (Å²) in [6, 6.07) is 7.13. The predicted octanol–water partition coefficient (Wildman–Crippen LogP) is 4.04. The first-order valence-corrected chi connectivity index (χ1v) is 7.54. The zero-order valence-corrected chi connectivity index (χ0v) is 13.1. The monoisotopic (exact) mass is 361 g/mol. The van der Waals surface area contributed by atoms with Crippen molar-refractivity contribution in [3.05, 3.63) is 32.7 Å². The highest BCUT2D eigenvalue weighted by atomic mass is 79.9. The van der Waals surface area contributed by atoms with Crippen molar-refractivity contribution in [2.24, 2.45) is 0 Å². The van der Waals surface area contributed by atoms with Crippen molar-refractivity contribution in [2.45, 2.75) is 31.8 Å². The van der Waals surface area contributed by atoms with E-state index in [0.717, 1.165) is 28.6 Å². The lowest BCUT2D eigenvalue weighted by Crippen LogP contribution is -2.38. The Balaban J connectivity index is 2.00. The molecule has 0 amide bonds. The molecule has 0 bridgehead atoms. The second-order valence-electron chi connectivity index (χ2n) is 4.47. The molecular formula is C13H17Br2NO. The van der Waals surface area contributed by atoms with Crippen LogP contribution in [0.15, 0.2) is 27.1 Å². The van der Waals surface area contributed by atoms with Crippen molar-refractivity contribution < 1.29 is 4.74 Å². The summed E-state index contributed by atoms with van der Waals surface area (Å²) < 4.78 is 7.73. The Morgan fingerprint density at radius 3 is 2.88 bits per heavy atom. The van der Waals surface area contributed by atoms with Gasteiger partial charge >= 0.3 is 0 Å². The van der Waals surface area contributed by atoms with Crippen LogP contribution < -0.4 is 5.32 Å². The summed E-state index contributed by atoms with van der Waals surface area (Å²) in [5.41, 5.74) is 1.29. The molecule has 1 N–H and O–H groups in total. The number of hydrogen-bond donors (Lipinski definition) is 1. The maximum Gasteiger partial charge on any atom is 0.0619 e. The minimum Gasteiger partial charge on any atom is -0.380 e. The zero-order valence-electron chi connectivity index (χ0n) is 9.88. The maximum atomic E-state index is 5.49. The normalized spacial score (nSPS) is 22.4. The first kappa shape index (κ1) is 13.5. The first-order valence-electron chi connectivity index (χ1n) is 5.95. The van der Waals surface area contributed by atoms with Gasteiger partial charge in [0.25, 0.3) is 0 Å². The predicted molar refractivity (Wildman–Crippen MR) is 77.2 cm³/mol. The molecule has 1 aliphatic rings. The molecule has 94 valence electrons. The summed E-state index contributed by atoms with van der Waals surface area (Å²) >= 11 is 7.08. The second kappa shape index (κ2) is 6.32. The van der Waals surface area contributed by atoms with Crippen LogP contribution in [-0.4, -0.2) is 19.3 Å². The van der Waals surface area contributed by atoms with Gasteiger partial charge in [-0.2, -0.15) is 0 Å². The fraction of sp³-hybridized carbons (Fsp3) is 0.538. The fourth-order valence-corrected chi connectivity index (χ4v) is 3.56. The molecule has 0 aromatic heterocycles. The number of benzene rings is 1. The van der Waals surface area contributed by atoms with E-state index in [0.29, 0.717) is 12.1 Å². The Bertz CT molecular complexity index is 378. The molecule has 1 aromatic carbocycles. The quantitative estimate of drug-likeness (QED) is 0.876. The highest BCUT2D eigenvalue weighted by Gasteiger charge is 2.17. The molecule has 0 radical (unpaired) electrons. The fourth-order valence-electron chi connectivity index (χ4n) is 2.17. The van der Waals surface area contributed by atoms with Crippen LogP contribution in [0.1, 0.15) is 31.4 Å². The van der Waals surface area contributed by atoms with Crippen LogP contribution in [0.5, 0.6) is 0 Å². The average molecular weight is 363 g/mol. The lowest BCUT2D eigenvalue weighted by Gasteiger charge is -2.27. The Morgan fingerprint density at radius 2 is 2.24 bits per heavy atom.